The van der Waals surface area contributed by atoms with Crippen molar-refractivity contribution in [2.75, 3.05) is 13.7 Å². The van der Waals surface area contributed by atoms with E-state index in [1.807, 2.05) is 12.1 Å². The topological polar surface area (TPSA) is 70.8 Å². The molecule has 15 heavy (non-hydrogen) atoms. The van der Waals surface area contributed by atoms with Gasteiger partial charge in [0.25, 0.3) is 0 Å². The molecule has 0 aliphatic carbocycles. The highest BCUT2D eigenvalue weighted by molar-refractivity contribution is 5.70. The van der Waals surface area contributed by atoms with E-state index in [9.17, 15) is 4.79 Å². The van der Waals surface area contributed by atoms with E-state index in [4.69, 9.17) is 15.4 Å². The van der Waals surface area contributed by atoms with Gasteiger partial charge in [-0.1, -0.05) is 12.1 Å². The molecule has 1 rings (SSSR count). The number of ether oxygens (including phenoxy) is 2. The average Bonchev–Trinajstić information content (AvgIpc) is 2.27. The molecule has 0 aliphatic rings. The fraction of sp³-hybridized carbons (Fsp3) is 0.300. The van der Waals surface area contributed by atoms with Gasteiger partial charge >= 0.3 is 5.97 Å². The number of hydrogen-bond acceptors (Lipinski definition) is 5. The molecule has 1 aromatic rings. The van der Waals surface area contributed by atoms with Gasteiger partial charge in [0, 0.05) is 0 Å². The van der Waals surface area contributed by atoms with Crippen LogP contribution in [0.3, 0.4) is 0 Å². The van der Waals surface area contributed by atoms with Crippen LogP contribution in [0, 0.1) is 0 Å². The van der Waals surface area contributed by atoms with Gasteiger partial charge in [0.05, 0.1) is 7.11 Å². The van der Waals surface area contributed by atoms with Crippen molar-refractivity contribution in [1.29, 1.82) is 0 Å². The summed E-state index contributed by atoms with van der Waals surface area (Å²) in [5, 5.41) is 0. The van der Waals surface area contributed by atoms with E-state index in [1.165, 1.54) is 0 Å². The van der Waals surface area contributed by atoms with Gasteiger partial charge in [0.1, 0.15) is 12.4 Å². The molecule has 0 unspecified atom stereocenters. The number of rotatable bonds is 5. The molecule has 1 aromatic carbocycles. The third-order valence-electron chi connectivity index (χ3n) is 1.76. The highest BCUT2D eigenvalue weighted by atomic mass is 16.6. The van der Waals surface area contributed by atoms with E-state index in [-0.39, 0.29) is 13.2 Å². The molecule has 5 nitrogen and oxygen atoms in total. The number of methoxy groups -OCH3 is 1. The highest BCUT2D eigenvalue weighted by Gasteiger charge is 2.02. The average molecular weight is 211 g/mol. The second kappa shape index (κ2) is 6.00. The van der Waals surface area contributed by atoms with Crippen LogP contribution in [0.5, 0.6) is 5.75 Å². The summed E-state index contributed by atoms with van der Waals surface area (Å²) in [5.74, 6) is 4.99. The van der Waals surface area contributed by atoms with Gasteiger partial charge in [0.2, 0.25) is 0 Å². The number of hydrogen-bond donors (Lipinski definition) is 1. The summed E-state index contributed by atoms with van der Waals surface area (Å²) in [7, 11) is 1.59. The summed E-state index contributed by atoms with van der Waals surface area (Å²) in [6.45, 7) is -0.0393. The Morgan fingerprint density at radius 2 is 2.00 bits per heavy atom. The zero-order valence-corrected chi connectivity index (χ0v) is 8.43. The van der Waals surface area contributed by atoms with Crippen LogP contribution in [0.4, 0.5) is 0 Å². The molecule has 0 spiro atoms. The van der Waals surface area contributed by atoms with E-state index in [0.717, 1.165) is 11.3 Å². The Kier molecular flexibility index (Phi) is 4.59. The number of nitrogens with two attached hydrogens (primary N) is 1. The van der Waals surface area contributed by atoms with Crippen LogP contribution >= 0.6 is 0 Å². The lowest BCUT2D eigenvalue weighted by Gasteiger charge is -2.04. The molecule has 0 amide bonds. The summed E-state index contributed by atoms with van der Waals surface area (Å²) in [4.78, 5) is 15.0. The molecular formula is C10H13NO4. The Morgan fingerprint density at radius 3 is 2.53 bits per heavy atom. The number of carbonyl (C=O) groups is 1. The number of carbonyl (C=O) groups excluding carboxylic acids is 1. The molecule has 0 radical (unpaired) electrons. The molecule has 0 saturated carbocycles. The third kappa shape index (κ3) is 3.97. The predicted octanol–water partition coefficient (Wildman–Crippen LogP) is 0.629. The van der Waals surface area contributed by atoms with Crippen molar-refractivity contribution in [2.45, 2.75) is 6.61 Å². The summed E-state index contributed by atoms with van der Waals surface area (Å²) < 4.78 is 9.85. The standard InChI is InChI=1S/C10H13NO4/c1-13-9-4-2-8(3-5-9)6-14-10(12)7-15-11/h2-5H,6-7,11H2,1H3. The van der Waals surface area contributed by atoms with Gasteiger partial charge in [-0.2, -0.15) is 0 Å². The van der Waals surface area contributed by atoms with E-state index in [0.29, 0.717) is 0 Å². The maximum Gasteiger partial charge on any atom is 0.334 e. The number of benzene rings is 1. The maximum absolute atomic E-state index is 10.9. The first-order valence-electron chi connectivity index (χ1n) is 4.36. The maximum atomic E-state index is 10.9. The van der Waals surface area contributed by atoms with E-state index in [2.05, 4.69) is 4.84 Å². The molecule has 0 saturated heterocycles. The summed E-state index contributed by atoms with van der Waals surface area (Å²) in [5.41, 5.74) is 0.876. The van der Waals surface area contributed by atoms with Gasteiger partial charge in [0.15, 0.2) is 6.61 Å². The lowest BCUT2D eigenvalue weighted by atomic mass is 10.2. The lowest BCUT2D eigenvalue weighted by Crippen LogP contribution is -2.15. The van der Waals surface area contributed by atoms with Crippen molar-refractivity contribution in [3.63, 3.8) is 0 Å². The first-order valence-corrected chi connectivity index (χ1v) is 4.36. The SMILES string of the molecule is COc1ccc(COC(=O)CON)cc1. The first kappa shape index (κ1) is 11.5. The van der Waals surface area contributed by atoms with Crippen molar-refractivity contribution in [3.8, 4) is 5.75 Å². The van der Waals surface area contributed by atoms with Crippen molar-refractivity contribution in [1.82, 2.24) is 0 Å². The smallest absolute Gasteiger partial charge is 0.334 e. The molecule has 0 atom stereocenters. The van der Waals surface area contributed by atoms with Crippen molar-refractivity contribution in [2.24, 2.45) is 5.90 Å². The van der Waals surface area contributed by atoms with Gasteiger partial charge in [-0.15, -0.1) is 0 Å². The fourth-order valence-corrected chi connectivity index (χ4v) is 0.995. The second-order valence-corrected chi connectivity index (χ2v) is 2.82. The van der Waals surface area contributed by atoms with Crippen molar-refractivity contribution < 1.29 is 19.1 Å². The van der Waals surface area contributed by atoms with E-state index < -0.39 is 5.97 Å². The minimum absolute atomic E-state index is 0.201. The molecule has 0 heterocycles. The van der Waals surface area contributed by atoms with Crippen LogP contribution < -0.4 is 10.6 Å². The minimum Gasteiger partial charge on any atom is -0.497 e. The molecule has 0 bridgehead atoms. The molecule has 0 aromatic heterocycles. The van der Waals surface area contributed by atoms with Crippen LogP contribution in [0.15, 0.2) is 24.3 Å². The molecule has 0 aliphatic heterocycles. The Labute approximate surface area is 87.7 Å². The monoisotopic (exact) mass is 211 g/mol. The zero-order valence-electron chi connectivity index (χ0n) is 8.43. The molecule has 0 fully saturated rings. The van der Waals surface area contributed by atoms with Gasteiger partial charge < -0.3 is 9.47 Å². The second-order valence-electron chi connectivity index (χ2n) is 2.82. The van der Waals surface area contributed by atoms with E-state index >= 15 is 0 Å². The quantitative estimate of drug-likeness (QED) is 0.571. The number of esters is 1. The van der Waals surface area contributed by atoms with E-state index in [1.54, 1.807) is 19.2 Å². The zero-order chi connectivity index (χ0) is 11.1. The normalized spacial score (nSPS) is 9.73. The predicted molar refractivity (Wildman–Crippen MR) is 52.9 cm³/mol. The van der Waals surface area contributed by atoms with Crippen LogP contribution in [-0.2, 0) is 21.0 Å². The van der Waals surface area contributed by atoms with Gasteiger partial charge in [-0.05, 0) is 17.7 Å². The van der Waals surface area contributed by atoms with Crippen LogP contribution in [0.2, 0.25) is 0 Å². The molecule has 2 N–H and O–H groups in total. The Bertz CT molecular complexity index is 310. The summed E-state index contributed by atoms with van der Waals surface area (Å²) >= 11 is 0. The molecular weight excluding hydrogens is 198 g/mol. The van der Waals surface area contributed by atoms with Crippen LogP contribution in [0.1, 0.15) is 5.56 Å². The Balaban J connectivity index is 2.40. The minimum atomic E-state index is -0.492. The van der Waals surface area contributed by atoms with Crippen molar-refractivity contribution in [3.05, 3.63) is 29.8 Å². The largest absolute Gasteiger partial charge is 0.497 e. The molecule has 5 heteroatoms. The Hall–Kier alpha value is -1.59. The Morgan fingerprint density at radius 1 is 1.33 bits per heavy atom. The molecule has 82 valence electrons. The third-order valence-corrected chi connectivity index (χ3v) is 1.76. The fourth-order valence-electron chi connectivity index (χ4n) is 0.995. The highest BCUT2D eigenvalue weighted by Crippen LogP contribution is 2.11. The van der Waals surface area contributed by atoms with Crippen LogP contribution in [0.25, 0.3) is 0 Å². The van der Waals surface area contributed by atoms with Crippen LogP contribution in [-0.4, -0.2) is 19.7 Å². The lowest BCUT2D eigenvalue weighted by molar-refractivity contribution is -0.150. The van der Waals surface area contributed by atoms with Gasteiger partial charge in [-0.3, -0.25) is 4.84 Å². The van der Waals surface area contributed by atoms with Gasteiger partial charge in [-0.25, -0.2) is 10.7 Å². The first-order chi connectivity index (χ1) is 7.26. The summed E-state index contributed by atoms with van der Waals surface area (Å²) in [6, 6.07) is 7.22. The summed E-state index contributed by atoms with van der Waals surface area (Å²) in [6.07, 6.45) is 0. The van der Waals surface area contributed by atoms with Crippen molar-refractivity contribution >= 4 is 5.97 Å².